The zero-order chi connectivity index (χ0) is 14.5. The molecular weight excluding hydrogens is 252 g/mol. The summed E-state index contributed by atoms with van der Waals surface area (Å²) in [6.45, 7) is 4.41. The Morgan fingerprint density at radius 1 is 1.35 bits per heavy atom. The summed E-state index contributed by atoms with van der Waals surface area (Å²) >= 11 is 0. The van der Waals surface area contributed by atoms with Gasteiger partial charge in [0.2, 0.25) is 11.8 Å². The van der Waals surface area contributed by atoms with Gasteiger partial charge in [-0.1, -0.05) is 19.4 Å². The third kappa shape index (κ3) is 3.38. The number of unbranched alkanes of at least 4 members (excludes halogenated alkanes) is 1. The van der Waals surface area contributed by atoms with Crippen LogP contribution in [0.25, 0.3) is 0 Å². The molecule has 4 heteroatoms. The maximum Gasteiger partial charge on any atom is 0.224 e. The van der Waals surface area contributed by atoms with Crippen molar-refractivity contribution in [1.82, 2.24) is 0 Å². The van der Waals surface area contributed by atoms with Crippen LogP contribution in [0.5, 0.6) is 0 Å². The molecule has 2 amide bonds. The molecule has 4 nitrogen and oxygen atoms in total. The summed E-state index contributed by atoms with van der Waals surface area (Å²) in [5.41, 5.74) is 2.90. The Kier molecular flexibility index (Phi) is 4.77. The summed E-state index contributed by atoms with van der Waals surface area (Å²) in [6.07, 6.45) is 4.44. The Labute approximate surface area is 120 Å². The monoisotopic (exact) mass is 274 g/mol. The number of nitrogens with zero attached hydrogens (tertiary/aromatic N) is 1. The molecule has 0 aliphatic carbocycles. The second kappa shape index (κ2) is 6.55. The number of aryl methyl sites for hydroxylation is 1. The van der Waals surface area contributed by atoms with Gasteiger partial charge in [0, 0.05) is 31.3 Å². The second-order valence-electron chi connectivity index (χ2n) is 5.27. The van der Waals surface area contributed by atoms with E-state index in [4.69, 9.17) is 0 Å². The topological polar surface area (TPSA) is 49.4 Å². The Balaban J connectivity index is 2.15. The molecule has 0 bridgehead atoms. The van der Waals surface area contributed by atoms with Crippen molar-refractivity contribution in [2.75, 3.05) is 16.8 Å². The van der Waals surface area contributed by atoms with Crippen molar-refractivity contribution in [2.24, 2.45) is 0 Å². The minimum atomic E-state index is 0.0389. The number of carbonyl (C=O) groups excluding carboxylic acids is 2. The van der Waals surface area contributed by atoms with E-state index in [1.165, 1.54) is 5.56 Å². The van der Waals surface area contributed by atoms with Crippen molar-refractivity contribution >= 4 is 23.2 Å². The molecule has 1 heterocycles. The molecule has 0 spiro atoms. The van der Waals surface area contributed by atoms with Gasteiger partial charge in [-0.05, 0) is 37.0 Å². The highest BCUT2D eigenvalue weighted by Crippen LogP contribution is 2.30. The standard InChI is InChI=1S/C16H22N2O2/c1-3-4-7-16(20)17-14-9-8-13-6-5-10-18(12(2)19)15(13)11-14/h8-9,11H,3-7,10H2,1-2H3,(H,17,20). The van der Waals surface area contributed by atoms with Gasteiger partial charge in [0.1, 0.15) is 0 Å². The van der Waals surface area contributed by atoms with E-state index >= 15 is 0 Å². The average Bonchev–Trinajstić information content (AvgIpc) is 2.44. The first-order valence-corrected chi connectivity index (χ1v) is 7.32. The molecule has 20 heavy (non-hydrogen) atoms. The van der Waals surface area contributed by atoms with Crippen LogP contribution in [0.3, 0.4) is 0 Å². The number of amides is 2. The third-order valence-electron chi connectivity index (χ3n) is 3.63. The summed E-state index contributed by atoms with van der Waals surface area (Å²) in [4.78, 5) is 25.2. The highest BCUT2D eigenvalue weighted by molar-refractivity contribution is 5.95. The van der Waals surface area contributed by atoms with Crippen molar-refractivity contribution in [3.05, 3.63) is 23.8 Å². The normalized spacial score (nSPS) is 13.8. The fourth-order valence-corrected chi connectivity index (χ4v) is 2.54. The van der Waals surface area contributed by atoms with Crippen LogP contribution in [0.1, 0.15) is 45.1 Å². The zero-order valence-corrected chi connectivity index (χ0v) is 12.2. The van der Waals surface area contributed by atoms with E-state index in [1.807, 2.05) is 18.2 Å². The van der Waals surface area contributed by atoms with Crippen molar-refractivity contribution in [3.63, 3.8) is 0 Å². The predicted molar refractivity (Wildman–Crippen MR) is 80.9 cm³/mol. The van der Waals surface area contributed by atoms with Gasteiger partial charge in [0.05, 0.1) is 0 Å². The summed E-state index contributed by atoms with van der Waals surface area (Å²) in [5.74, 6) is 0.0948. The first kappa shape index (κ1) is 14.6. The van der Waals surface area contributed by atoms with Crippen LogP contribution in [0.4, 0.5) is 11.4 Å². The number of hydrogen-bond donors (Lipinski definition) is 1. The number of fused-ring (bicyclic) bond motifs is 1. The molecule has 1 aromatic rings. The van der Waals surface area contributed by atoms with Crippen molar-refractivity contribution in [3.8, 4) is 0 Å². The molecule has 108 valence electrons. The molecular formula is C16H22N2O2. The fraction of sp³-hybridized carbons (Fsp3) is 0.500. The Morgan fingerprint density at radius 2 is 2.15 bits per heavy atom. The summed E-state index contributed by atoms with van der Waals surface area (Å²) < 4.78 is 0. The molecule has 0 saturated heterocycles. The lowest BCUT2D eigenvalue weighted by atomic mass is 10.0. The number of benzene rings is 1. The maximum atomic E-state index is 11.8. The van der Waals surface area contributed by atoms with E-state index in [0.717, 1.165) is 43.6 Å². The van der Waals surface area contributed by atoms with E-state index in [9.17, 15) is 9.59 Å². The van der Waals surface area contributed by atoms with Gasteiger partial charge in [0.25, 0.3) is 0 Å². The zero-order valence-electron chi connectivity index (χ0n) is 12.2. The van der Waals surface area contributed by atoms with Gasteiger partial charge in [-0.25, -0.2) is 0 Å². The van der Waals surface area contributed by atoms with Crippen LogP contribution >= 0.6 is 0 Å². The van der Waals surface area contributed by atoms with Crippen LogP contribution in [-0.2, 0) is 16.0 Å². The minimum absolute atomic E-state index is 0.0389. The molecule has 0 fully saturated rings. The molecule has 0 unspecified atom stereocenters. The van der Waals surface area contributed by atoms with Crippen LogP contribution in [0, 0.1) is 0 Å². The maximum absolute atomic E-state index is 11.8. The number of hydrogen-bond acceptors (Lipinski definition) is 2. The van der Waals surface area contributed by atoms with Gasteiger partial charge in [-0.3, -0.25) is 9.59 Å². The largest absolute Gasteiger partial charge is 0.326 e. The Bertz CT molecular complexity index is 511. The average molecular weight is 274 g/mol. The molecule has 0 atom stereocenters. The minimum Gasteiger partial charge on any atom is -0.326 e. The predicted octanol–water partition coefficient (Wildman–Crippen LogP) is 3.11. The summed E-state index contributed by atoms with van der Waals surface area (Å²) in [5, 5.41) is 2.91. The van der Waals surface area contributed by atoms with Crippen LogP contribution in [-0.4, -0.2) is 18.4 Å². The van der Waals surface area contributed by atoms with E-state index in [-0.39, 0.29) is 11.8 Å². The molecule has 0 radical (unpaired) electrons. The highest BCUT2D eigenvalue weighted by atomic mass is 16.2. The quantitative estimate of drug-likeness (QED) is 0.917. The van der Waals surface area contributed by atoms with E-state index in [1.54, 1.807) is 11.8 Å². The van der Waals surface area contributed by atoms with Crippen LogP contribution in [0.15, 0.2) is 18.2 Å². The Morgan fingerprint density at radius 3 is 2.85 bits per heavy atom. The SMILES string of the molecule is CCCCC(=O)Nc1ccc2c(c1)N(C(C)=O)CCC2. The van der Waals surface area contributed by atoms with Crippen molar-refractivity contribution < 1.29 is 9.59 Å². The van der Waals surface area contributed by atoms with E-state index in [2.05, 4.69) is 12.2 Å². The molecule has 1 aromatic carbocycles. The van der Waals surface area contributed by atoms with Gasteiger partial charge < -0.3 is 10.2 Å². The van der Waals surface area contributed by atoms with E-state index in [0.29, 0.717) is 6.42 Å². The smallest absolute Gasteiger partial charge is 0.224 e. The highest BCUT2D eigenvalue weighted by Gasteiger charge is 2.20. The molecule has 2 rings (SSSR count). The lowest BCUT2D eigenvalue weighted by Gasteiger charge is -2.29. The third-order valence-corrected chi connectivity index (χ3v) is 3.63. The van der Waals surface area contributed by atoms with Crippen LogP contribution < -0.4 is 10.2 Å². The molecule has 0 saturated carbocycles. The van der Waals surface area contributed by atoms with Crippen molar-refractivity contribution in [2.45, 2.75) is 46.0 Å². The molecule has 1 aliphatic rings. The van der Waals surface area contributed by atoms with E-state index < -0.39 is 0 Å². The lowest BCUT2D eigenvalue weighted by molar-refractivity contribution is -0.117. The van der Waals surface area contributed by atoms with Gasteiger partial charge in [0.15, 0.2) is 0 Å². The second-order valence-corrected chi connectivity index (χ2v) is 5.27. The Hall–Kier alpha value is -1.84. The van der Waals surface area contributed by atoms with Gasteiger partial charge >= 0.3 is 0 Å². The number of nitrogens with one attached hydrogen (secondary N) is 1. The van der Waals surface area contributed by atoms with Gasteiger partial charge in [-0.2, -0.15) is 0 Å². The number of anilines is 2. The fourth-order valence-electron chi connectivity index (χ4n) is 2.54. The molecule has 0 aromatic heterocycles. The summed E-state index contributed by atoms with van der Waals surface area (Å²) in [7, 11) is 0. The molecule has 1 N–H and O–H groups in total. The molecule has 1 aliphatic heterocycles. The van der Waals surface area contributed by atoms with Gasteiger partial charge in [-0.15, -0.1) is 0 Å². The lowest BCUT2D eigenvalue weighted by Crippen LogP contribution is -2.33. The van der Waals surface area contributed by atoms with Crippen LogP contribution in [0.2, 0.25) is 0 Å². The summed E-state index contributed by atoms with van der Waals surface area (Å²) in [6, 6.07) is 5.85. The first-order valence-electron chi connectivity index (χ1n) is 7.32. The number of rotatable bonds is 4. The number of carbonyl (C=O) groups is 2. The van der Waals surface area contributed by atoms with Crippen molar-refractivity contribution in [1.29, 1.82) is 0 Å². The first-order chi connectivity index (χ1) is 9.61.